The van der Waals surface area contributed by atoms with Crippen molar-refractivity contribution in [2.24, 2.45) is 4.99 Å². The Kier molecular flexibility index (Phi) is 8.69. The molecule has 0 bridgehead atoms. The Morgan fingerprint density at radius 1 is 1.14 bits per heavy atom. The van der Waals surface area contributed by atoms with Crippen LogP contribution in [-0.2, 0) is 12.8 Å². The molecule has 0 saturated heterocycles. The Morgan fingerprint density at radius 3 is 2.64 bits per heavy atom. The molecular weight excluding hydrogens is 463 g/mol. The van der Waals surface area contributed by atoms with E-state index in [0.717, 1.165) is 43.2 Å². The first-order chi connectivity index (χ1) is 13.2. The fourth-order valence-electron chi connectivity index (χ4n) is 3.04. The van der Waals surface area contributed by atoms with Gasteiger partial charge < -0.3 is 10.6 Å². The van der Waals surface area contributed by atoms with Crippen LogP contribution in [0.25, 0.3) is 5.65 Å². The summed E-state index contributed by atoms with van der Waals surface area (Å²) in [5.41, 5.74) is 3.50. The molecule has 0 aliphatic rings. The number of nitrogens with one attached hydrogen (secondary N) is 2. The molecule has 0 aliphatic heterocycles. The lowest BCUT2D eigenvalue weighted by Crippen LogP contribution is -2.39. The zero-order chi connectivity index (χ0) is 19.1. The van der Waals surface area contributed by atoms with Crippen molar-refractivity contribution >= 4 is 35.6 Å². The highest BCUT2D eigenvalue weighted by atomic mass is 127. The molecule has 150 valence electrons. The number of halogens is 1. The van der Waals surface area contributed by atoms with Crippen LogP contribution in [0.5, 0.6) is 0 Å². The number of aliphatic imine (C=N–C) groups is 1. The molecule has 0 saturated carbocycles. The minimum Gasteiger partial charge on any atom is -0.356 e. The molecule has 28 heavy (non-hydrogen) atoms. The van der Waals surface area contributed by atoms with Crippen molar-refractivity contribution in [2.45, 2.75) is 39.2 Å². The van der Waals surface area contributed by atoms with E-state index in [0.29, 0.717) is 0 Å². The Bertz CT molecular complexity index is 887. The van der Waals surface area contributed by atoms with Crippen LogP contribution in [0.4, 0.5) is 0 Å². The molecule has 1 atom stereocenters. The van der Waals surface area contributed by atoms with Crippen molar-refractivity contribution in [3.05, 3.63) is 65.6 Å². The van der Waals surface area contributed by atoms with Crippen LogP contribution in [0.1, 0.15) is 43.3 Å². The lowest BCUT2D eigenvalue weighted by Gasteiger charge is -2.18. The van der Waals surface area contributed by atoms with Crippen molar-refractivity contribution < 1.29 is 0 Å². The van der Waals surface area contributed by atoms with Gasteiger partial charge in [0, 0.05) is 26.2 Å². The Morgan fingerprint density at radius 2 is 1.93 bits per heavy atom. The van der Waals surface area contributed by atoms with Gasteiger partial charge >= 0.3 is 0 Å². The van der Waals surface area contributed by atoms with Crippen molar-refractivity contribution in [3.8, 4) is 0 Å². The van der Waals surface area contributed by atoms with Crippen LogP contribution in [0, 0.1) is 0 Å². The van der Waals surface area contributed by atoms with Gasteiger partial charge in [0.25, 0.3) is 0 Å². The average Bonchev–Trinajstić information content (AvgIpc) is 3.13. The second-order valence-corrected chi connectivity index (χ2v) is 6.61. The van der Waals surface area contributed by atoms with Crippen LogP contribution in [0.2, 0.25) is 0 Å². The number of pyridine rings is 1. The quantitative estimate of drug-likeness (QED) is 0.228. The summed E-state index contributed by atoms with van der Waals surface area (Å²) in [5.74, 6) is 1.80. The number of hydrogen-bond acceptors (Lipinski definition) is 3. The van der Waals surface area contributed by atoms with Gasteiger partial charge in [-0.3, -0.25) is 9.39 Å². The van der Waals surface area contributed by atoms with Gasteiger partial charge in [0.1, 0.15) is 5.82 Å². The maximum atomic E-state index is 4.33. The molecule has 2 aromatic heterocycles. The largest absolute Gasteiger partial charge is 0.356 e. The molecule has 3 aromatic rings. The molecule has 1 aromatic carbocycles. The smallest absolute Gasteiger partial charge is 0.191 e. The van der Waals surface area contributed by atoms with Crippen LogP contribution < -0.4 is 10.6 Å². The van der Waals surface area contributed by atoms with E-state index in [1.54, 1.807) is 7.05 Å². The zero-order valence-corrected chi connectivity index (χ0v) is 19.1. The number of hydrogen-bond donors (Lipinski definition) is 2. The van der Waals surface area contributed by atoms with E-state index in [2.05, 4.69) is 63.9 Å². The summed E-state index contributed by atoms with van der Waals surface area (Å²) in [6.07, 6.45) is 4.88. The monoisotopic (exact) mass is 492 g/mol. The first-order valence-corrected chi connectivity index (χ1v) is 9.56. The summed E-state index contributed by atoms with van der Waals surface area (Å²) >= 11 is 0. The van der Waals surface area contributed by atoms with Gasteiger partial charge in [-0.1, -0.05) is 37.3 Å². The number of benzene rings is 1. The number of aromatic nitrogens is 3. The summed E-state index contributed by atoms with van der Waals surface area (Å²) in [5, 5.41) is 15.3. The Hall–Kier alpha value is -2.16. The SMILES string of the molecule is CCc1ccc(C(C)NC(=NC)NCCCc2nnc3ccccn23)cc1.I. The topological polar surface area (TPSA) is 66.6 Å². The van der Waals surface area contributed by atoms with E-state index in [4.69, 9.17) is 0 Å². The molecule has 6 nitrogen and oxygen atoms in total. The van der Waals surface area contributed by atoms with E-state index in [1.165, 1.54) is 11.1 Å². The van der Waals surface area contributed by atoms with Gasteiger partial charge in [-0.2, -0.15) is 0 Å². The van der Waals surface area contributed by atoms with E-state index in [9.17, 15) is 0 Å². The third kappa shape index (κ3) is 5.67. The minimum absolute atomic E-state index is 0. The first-order valence-electron chi connectivity index (χ1n) is 9.56. The highest BCUT2D eigenvalue weighted by Gasteiger charge is 2.08. The minimum atomic E-state index is 0. The number of rotatable bonds is 7. The maximum absolute atomic E-state index is 4.33. The van der Waals surface area contributed by atoms with Gasteiger partial charge in [0.2, 0.25) is 0 Å². The Labute approximate surface area is 183 Å². The van der Waals surface area contributed by atoms with Gasteiger partial charge in [-0.05, 0) is 43.0 Å². The lowest BCUT2D eigenvalue weighted by atomic mass is 10.1. The molecule has 0 spiro atoms. The summed E-state index contributed by atoms with van der Waals surface area (Å²) < 4.78 is 2.04. The second kappa shape index (κ2) is 11.0. The normalized spacial score (nSPS) is 12.5. The average molecular weight is 492 g/mol. The lowest BCUT2D eigenvalue weighted by molar-refractivity contribution is 0.667. The standard InChI is InChI=1S/C21H28N6.HI/c1-4-17-10-12-18(13-11-17)16(2)24-21(22-3)23-14-7-9-20-26-25-19-8-5-6-15-27(19)20;/h5-6,8,10-13,15-16H,4,7,9,14H2,1-3H3,(H2,22,23,24);1H. The number of fused-ring (bicyclic) bond motifs is 1. The van der Waals surface area contributed by atoms with E-state index >= 15 is 0 Å². The number of nitrogens with zero attached hydrogens (tertiary/aromatic N) is 4. The summed E-state index contributed by atoms with van der Waals surface area (Å²) in [6.45, 7) is 5.14. The summed E-state index contributed by atoms with van der Waals surface area (Å²) in [4.78, 5) is 4.33. The first kappa shape index (κ1) is 22.1. The fraction of sp³-hybridized carbons (Fsp3) is 0.381. The molecule has 2 heterocycles. The molecule has 0 fully saturated rings. The Balaban J connectivity index is 0.00000280. The summed E-state index contributed by atoms with van der Waals surface area (Å²) in [7, 11) is 1.80. The molecule has 0 amide bonds. The van der Waals surface area contributed by atoms with Gasteiger partial charge in [0.15, 0.2) is 11.6 Å². The van der Waals surface area contributed by atoms with Crippen LogP contribution >= 0.6 is 24.0 Å². The van der Waals surface area contributed by atoms with Crippen molar-refractivity contribution in [1.29, 1.82) is 0 Å². The van der Waals surface area contributed by atoms with Crippen molar-refractivity contribution in [2.75, 3.05) is 13.6 Å². The molecule has 7 heteroatoms. The number of guanidine groups is 1. The van der Waals surface area contributed by atoms with Gasteiger partial charge in [-0.25, -0.2) is 0 Å². The van der Waals surface area contributed by atoms with Crippen LogP contribution in [0.3, 0.4) is 0 Å². The third-order valence-electron chi connectivity index (χ3n) is 4.72. The fourth-order valence-corrected chi connectivity index (χ4v) is 3.04. The zero-order valence-electron chi connectivity index (χ0n) is 16.7. The third-order valence-corrected chi connectivity index (χ3v) is 4.72. The highest BCUT2D eigenvalue weighted by Crippen LogP contribution is 2.13. The van der Waals surface area contributed by atoms with E-state index < -0.39 is 0 Å². The van der Waals surface area contributed by atoms with Crippen molar-refractivity contribution in [1.82, 2.24) is 25.2 Å². The molecular formula is C21H29IN6. The molecule has 1 unspecified atom stereocenters. The van der Waals surface area contributed by atoms with Crippen LogP contribution in [0.15, 0.2) is 53.7 Å². The van der Waals surface area contributed by atoms with Gasteiger partial charge in [-0.15, -0.1) is 34.2 Å². The molecule has 0 radical (unpaired) electrons. The molecule has 2 N–H and O–H groups in total. The van der Waals surface area contributed by atoms with Crippen LogP contribution in [-0.4, -0.2) is 34.2 Å². The molecule has 3 rings (SSSR count). The predicted octanol–water partition coefficient (Wildman–Crippen LogP) is 3.77. The molecule has 0 aliphatic carbocycles. The summed E-state index contributed by atoms with van der Waals surface area (Å²) in [6, 6.07) is 14.9. The highest BCUT2D eigenvalue weighted by molar-refractivity contribution is 14.0. The predicted molar refractivity (Wildman–Crippen MR) is 125 cm³/mol. The van der Waals surface area contributed by atoms with E-state index in [-0.39, 0.29) is 30.0 Å². The van der Waals surface area contributed by atoms with E-state index in [1.807, 2.05) is 28.8 Å². The second-order valence-electron chi connectivity index (χ2n) is 6.61. The number of aryl methyl sites for hydroxylation is 2. The van der Waals surface area contributed by atoms with Gasteiger partial charge in [0.05, 0.1) is 6.04 Å². The maximum Gasteiger partial charge on any atom is 0.191 e. The van der Waals surface area contributed by atoms with Crippen molar-refractivity contribution in [3.63, 3.8) is 0 Å².